The SMILES string of the molecule is CC(=O)Nc1ccc(Cl)c(C)c1NC(C)=O. The molecule has 0 aliphatic heterocycles. The van der Waals surface area contributed by atoms with Crippen LogP contribution in [0.15, 0.2) is 12.1 Å². The molecule has 0 spiro atoms. The summed E-state index contributed by atoms with van der Waals surface area (Å²) in [5.41, 5.74) is 1.81. The second-order valence-corrected chi connectivity index (χ2v) is 3.86. The van der Waals surface area contributed by atoms with Crippen molar-refractivity contribution < 1.29 is 9.59 Å². The summed E-state index contributed by atoms with van der Waals surface area (Å²) in [5, 5.41) is 5.82. The van der Waals surface area contributed by atoms with Crippen molar-refractivity contribution in [3.8, 4) is 0 Å². The van der Waals surface area contributed by atoms with Gasteiger partial charge in [-0.05, 0) is 24.6 Å². The smallest absolute Gasteiger partial charge is 0.221 e. The predicted octanol–water partition coefficient (Wildman–Crippen LogP) is 2.57. The Hall–Kier alpha value is -1.55. The van der Waals surface area contributed by atoms with E-state index in [0.717, 1.165) is 5.56 Å². The normalized spacial score (nSPS) is 9.75. The van der Waals surface area contributed by atoms with Crippen molar-refractivity contribution in [1.82, 2.24) is 0 Å². The van der Waals surface area contributed by atoms with Crippen molar-refractivity contribution in [3.05, 3.63) is 22.7 Å². The molecule has 0 atom stereocenters. The molecule has 1 aromatic rings. The van der Waals surface area contributed by atoms with E-state index in [9.17, 15) is 9.59 Å². The summed E-state index contributed by atoms with van der Waals surface area (Å²) in [6, 6.07) is 3.33. The lowest BCUT2D eigenvalue weighted by Crippen LogP contribution is -2.13. The molecule has 0 unspecified atom stereocenters. The lowest BCUT2D eigenvalue weighted by atomic mass is 10.1. The minimum Gasteiger partial charge on any atom is -0.325 e. The number of carbonyl (C=O) groups excluding carboxylic acids is 2. The fraction of sp³-hybridized carbons (Fsp3) is 0.273. The first-order chi connectivity index (χ1) is 7.41. The molecule has 2 amide bonds. The van der Waals surface area contributed by atoms with Crippen molar-refractivity contribution >= 4 is 34.8 Å². The van der Waals surface area contributed by atoms with E-state index in [-0.39, 0.29) is 11.8 Å². The first kappa shape index (κ1) is 12.5. The second kappa shape index (κ2) is 4.99. The Balaban J connectivity index is 3.20. The van der Waals surface area contributed by atoms with Gasteiger partial charge in [0.25, 0.3) is 0 Å². The van der Waals surface area contributed by atoms with Crippen LogP contribution in [0.5, 0.6) is 0 Å². The largest absolute Gasteiger partial charge is 0.325 e. The molecule has 0 aromatic heterocycles. The van der Waals surface area contributed by atoms with E-state index in [0.29, 0.717) is 16.4 Å². The van der Waals surface area contributed by atoms with Crippen LogP contribution in [0.4, 0.5) is 11.4 Å². The van der Waals surface area contributed by atoms with Gasteiger partial charge in [0.1, 0.15) is 0 Å². The molecule has 1 rings (SSSR count). The Bertz CT molecular complexity index is 444. The van der Waals surface area contributed by atoms with Crippen LogP contribution in [0, 0.1) is 6.92 Å². The average molecular weight is 241 g/mol. The summed E-state index contributed by atoms with van der Waals surface area (Å²) in [6.07, 6.45) is 0. The standard InChI is InChI=1S/C11H13ClN2O2/c1-6-9(12)4-5-10(13-7(2)15)11(6)14-8(3)16/h4-5H,1-3H3,(H,13,15)(H,14,16). The third-order valence-electron chi connectivity index (χ3n) is 2.01. The molecule has 16 heavy (non-hydrogen) atoms. The number of hydrogen-bond donors (Lipinski definition) is 2. The van der Waals surface area contributed by atoms with E-state index in [1.807, 2.05) is 0 Å². The molecule has 86 valence electrons. The number of nitrogens with one attached hydrogen (secondary N) is 2. The molecule has 4 nitrogen and oxygen atoms in total. The quantitative estimate of drug-likeness (QED) is 0.835. The molecular weight excluding hydrogens is 228 g/mol. The van der Waals surface area contributed by atoms with Crippen molar-refractivity contribution in [2.75, 3.05) is 10.6 Å². The lowest BCUT2D eigenvalue weighted by molar-refractivity contribution is -0.115. The zero-order valence-corrected chi connectivity index (χ0v) is 10.1. The van der Waals surface area contributed by atoms with Gasteiger partial charge < -0.3 is 10.6 Å². The maximum atomic E-state index is 11.0. The van der Waals surface area contributed by atoms with E-state index in [2.05, 4.69) is 10.6 Å². The molecular formula is C11H13ClN2O2. The highest BCUT2D eigenvalue weighted by molar-refractivity contribution is 6.32. The third-order valence-corrected chi connectivity index (χ3v) is 2.42. The van der Waals surface area contributed by atoms with E-state index in [1.54, 1.807) is 19.1 Å². The fourth-order valence-electron chi connectivity index (χ4n) is 1.32. The summed E-state index contributed by atoms with van der Waals surface area (Å²) in [4.78, 5) is 22.0. The molecule has 0 saturated heterocycles. The Kier molecular flexibility index (Phi) is 3.90. The Morgan fingerprint density at radius 2 is 1.69 bits per heavy atom. The fourth-order valence-corrected chi connectivity index (χ4v) is 1.47. The summed E-state index contributed by atoms with van der Waals surface area (Å²) in [6.45, 7) is 4.58. The molecule has 0 aliphatic rings. The van der Waals surface area contributed by atoms with E-state index >= 15 is 0 Å². The molecule has 5 heteroatoms. The number of carbonyl (C=O) groups is 2. The van der Waals surface area contributed by atoms with E-state index in [4.69, 9.17) is 11.6 Å². The van der Waals surface area contributed by atoms with Crippen LogP contribution < -0.4 is 10.6 Å². The first-order valence-corrected chi connectivity index (χ1v) is 5.14. The van der Waals surface area contributed by atoms with Crippen LogP contribution in [-0.4, -0.2) is 11.8 Å². The average Bonchev–Trinajstić information content (AvgIpc) is 2.16. The number of halogens is 1. The monoisotopic (exact) mass is 240 g/mol. The van der Waals surface area contributed by atoms with Crippen molar-refractivity contribution in [1.29, 1.82) is 0 Å². The van der Waals surface area contributed by atoms with Crippen molar-refractivity contribution in [3.63, 3.8) is 0 Å². The highest BCUT2D eigenvalue weighted by atomic mass is 35.5. The molecule has 0 radical (unpaired) electrons. The first-order valence-electron chi connectivity index (χ1n) is 4.76. The number of rotatable bonds is 2. The van der Waals surface area contributed by atoms with Gasteiger partial charge in [-0.2, -0.15) is 0 Å². The van der Waals surface area contributed by atoms with Gasteiger partial charge in [-0.25, -0.2) is 0 Å². The van der Waals surface area contributed by atoms with Gasteiger partial charge in [0.05, 0.1) is 11.4 Å². The van der Waals surface area contributed by atoms with Crippen LogP contribution in [0.3, 0.4) is 0 Å². The molecule has 0 aliphatic carbocycles. The van der Waals surface area contributed by atoms with Gasteiger partial charge in [0.2, 0.25) is 11.8 Å². The minimum atomic E-state index is -0.211. The van der Waals surface area contributed by atoms with Gasteiger partial charge in [-0.15, -0.1) is 0 Å². The summed E-state index contributed by atoms with van der Waals surface area (Å²) in [5.74, 6) is -0.412. The molecule has 0 fully saturated rings. The molecule has 1 aromatic carbocycles. The number of amides is 2. The third kappa shape index (κ3) is 2.97. The summed E-state index contributed by atoms with van der Waals surface area (Å²) < 4.78 is 0. The predicted molar refractivity (Wildman–Crippen MR) is 64.8 cm³/mol. The van der Waals surface area contributed by atoms with Crippen LogP contribution in [-0.2, 0) is 9.59 Å². The minimum absolute atomic E-state index is 0.201. The Labute approximate surface area is 99.0 Å². The molecule has 0 saturated carbocycles. The van der Waals surface area contributed by atoms with Crippen molar-refractivity contribution in [2.45, 2.75) is 20.8 Å². The maximum absolute atomic E-state index is 11.0. The number of anilines is 2. The van der Waals surface area contributed by atoms with Gasteiger partial charge in [-0.1, -0.05) is 11.6 Å². The van der Waals surface area contributed by atoms with Gasteiger partial charge in [-0.3, -0.25) is 9.59 Å². The number of benzene rings is 1. The zero-order valence-electron chi connectivity index (χ0n) is 9.35. The van der Waals surface area contributed by atoms with Crippen LogP contribution in [0.2, 0.25) is 5.02 Å². The molecule has 0 heterocycles. The van der Waals surface area contributed by atoms with Gasteiger partial charge in [0, 0.05) is 18.9 Å². The van der Waals surface area contributed by atoms with Crippen LogP contribution in [0.1, 0.15) is 19.4 Å². The maximum Gasteiger partial charge on any atom is 0.221 e. The summed E-state index contributed by atoms with van der Waals surface area (Å²) >= 11 is 5.94. The Morgan fingerprint density at radius 1 is 1.12 bits per heavy atom. The topological polar surface area (TPSA) is 58.2 Å². The number of hydrogen-bond acceptors (Lipinski definition) is 2. The Morgan fingerprint density at radius 3 is 2.19 bits per heavy atom. The van der Waals surface area contributed by atoms with Crippen LogP contribution in [0.25, 0.3) is 0 Å². The van der Waals surface area contributed by atoms with E-state index in [1.165, 1.54) is 13.8 Å². The molecule has 0 bridgehead atoms. The lowest BCUT2D eigenvalue weighted by Gasteiger charge is -2.14. The second-order valence-electron chi connectivity index (χ2n) is 3.46. The highest BCUT2D eigenvalue weighted by Crippen LogP contribution is 2.31. The van der Waals surface area contributed by atoms with Crippen LogP contribution >= 0.6 is 11.6 Å². The van der Waals surface area contributed by atoms with Crippen molar-refractivity contribution in [2.24, 2.45) is 0 Å². The zero-order chi connectivity index (χ0) is 12.3. The van der Waals surface area contributed by atoms with Gasteiger partial charge in [0.15, 0.2) is 0 Å². The van der Waals surface area contributed by atoms with E-state index < -0.39 is 0 Å². The van der Waals surface area contributed by atoms with Gasteiger partial charge >= 0.3 is 0 Å². The highest BCUT2D eigenvalue weighted by Gasteiger charge is 2.11. The summed E-state index contributed by atoms with van der Waals surface area (Å²) in [7, 11) is 0. The molecule has 2 N–H and O–H groups in total.